The molecule has 0 saturated carbocycles. The van der Waals surface area contributed by atoms with Crippen molar-refractivity contribution in [1.82, 2.24) is 14.8 Å². The maximum absolute atomic E-state index is 11.4. The normalized spacial score (nSPS) is 10.5. The number of ether oxygens (including phenoxy) is 2. The highest BCUT2D eigenvalue weighted by atomic mass is 32.2. The van der Waals surface area contributed by atoms with E-state index < -0.39 is 0 Å². The molecular weight excluding hydrogens is 350 g/mol. The summed E-state index contributed by atoms with van der Waals surface area (Å²) in [7, 11) is 1.37. The van der Waals surface area contributed by atoms with Crippen molar-refractivity contribution in [2.75, 3.05) is 12.9 Å². The molecule has 0 fully saturated rings. The van der Waals surface area contributed by atoms with Gasteiger partial charge in [-0.2, -0.15) is 0 Å². The molecule has 3 rings (SSSR count). The van der Waals surface area contributed by atoms with Gasteiger partial charge in [0, 0.05) is 0 Å². The van der Waals surface area contributed by atoms with Crippen molar-refractivity contribution < 1.29 is 14.3 Å². The van der Waals surface area contributed by atoms with Gasteiger partial charge < -0.3 is 9.47 Å². The van der Waals surface area contributed by atoms with Crippen molar-refractivity contribution in [2.24, 2.45) is 0 Å². The number of carbonyl (C=O) groups is 1. The Hall–Kier alpha value is -2.80. The Kier molecular flexibility index (Phi) is 6.27. The van der Waals surface area contributed by atoms with Gasteiger partial charge in [0.1, 0.15) is 12.4 Å². The van der Waals surface area contributed by atoms with Crippen LogP contribution in [0.15, 0.2) is 65.8 Å². The van der Waals surface area contributed by atoms with Crippen molar-refractivity contribution >= 4 is 17.7 Å². The molecule has 0 atom stereocenters. The summed E-state index contributed by atoms with van der Waals surface area (Å²) in [5.41, 5.74) is 1.12. The van der Waals surface area contributed by atoms with Gasteiger partial charge >= 0.3 is 5.97 Å². The van der Waals surface area contributed by atoms with Gasteiger partial charge in [-0.1, -0.05) is 60.3 Å². The van der Waals surface area contributed by atoms with E-state index in [-0.39, 0.29) is 11.7 Å². The smallest absolute Gasteiger partial charge is 0.316 e. The molecule has 0 bridgehead atoms. The number of hydrogen-bond donors (Lipinski definition) is 0. The summed E-state index contributed by atoms with van der Waals surface area (Å²) in [5.74, 6) is 1.35. The molecule has 0 aliphatic carbocycles. The summed E-state index contributed by atoms with van der Waals surface area (Å²) in [4.78, 5) is 11.4. The second kappa shape index (κ2) is 9.05. The number of para-hydroxylation sites is 1. The fraction of sp³-hybridized carbons (Fsp3) is 0.211. The van der Waals surface area contributed by atoms with Crippen LogP contribution in [0.1, 0.15) is 11.4 Å². The third-order valence-corrected chi connectivity index (χ3v) is 4.58. The van der Waals surface area contributed by atoms with Gasteiger partial charge in [0.25, 0.3) is 0 Å². The highest BCUT2D eigenvalue weighted by Gasteiger charge is 2.15. The summed E-state index contributed by atoms with van der Waals surface area (Å²) in [6.45, 7) is 0.896. The lowest BCUT2D eigenvalue weighted by Gasteiger charge is -2.11. The average molecular weight is 369 g/mol. The summed E-state index contributed by atoms with van der Waals surface area (Å²) in [5, 5.41) is 9.12. The topological polar surface area (TPSA) is 66.2 Å². The molecule has 6 nitrogen and oxygen atoms in total. The summed E-state index contributed by atoms with van der Waals surface area (Å²) >= 11 is 1.30. The van der Waals surface area contributed by atoms with Crippen LogP contribution in [0.3, 0.4) is 0 Å². The van der Waals surface area contributed by atoms with Gasteiger partial charge in [-0.25, -0.2) is 0 Å². The first-order chi connectivity index (χ1) is 12.8. The van der Waals surface area contributed by atoms with Crippen molar-refractivity contribution in [2.45, 2.75) is 18.3 Å². The van der Waals surface area contributed by atoms with Crippen LogP contribution in [-0.4, -0.2) is 33.6 Å². The van der Waals surface area contributed by atoms with Crippen LogP contribution < -0.4 is 4.74 Å². The third kappa shape index (κ3) is 4.86. The van der Waals surface area contributed by atoms with Crippen LogP contribution >= 0.6 is 11.8 Å². The number of methoxy groups -OCH3 is 1. The highest BCUT2D eigenvalue weighted by molar-refractivity contribution is 7.99. The molecule has 0 saturated heterocycles. The number of thioether (sulfide) groups is 1. The largest absolute Gasteiger partial charge is 0.486 e. The second-order valence-corrected chi connectivity index (χ2v) is 6.38. The van der Waals surface area contributed by atoms with Crippen LogP contribution in [0.4, 0.5) is 0 Å². The first-order valence-electron chi connectivity index (χ1n) is 8.09. The molecular formula is C19H19N3O3S. The fourth-order valence-corrected chi connectivity index (χ4v) is 3.09. The second-order valence-electron chi connectivity index (χ2n) is 5.44. The van der Waals surface area contributed by atoms with Crippen LogP contribution in [-0.2, 0) is 22.7 Å². The van der Waals surface area contributed by atoms with Gasteiger partial charge in [0.2, 0.25) is 0 Å². The molecule has 0 spiro atoms. The molecule has 0 aliphatic rings. The number of benzene rings is 2. The minimum atomic E-state index is -0.300. The van der Waals surface area contributed by atoms with E-state index in [1.54, 1.807) is 0 Å². The lowest BCUT2D eigenvalue weighted by atomic mass is 10.2. The summed E-state index contributed by atoms with van der Waals surface area (Å²) in [6.07, 6.45) is 0. The Balaban J connectivity index is 1.78. The average Bonchev–Trinajstić information content (AvgIpc) is 3.07. The van der Waals surface area contributed by atoms with Gasteiger partial charge in [0.05, 0.1) is 19.4 Å². The Morgan fingerprint density at radius 1 is 1.04 bits per heavy atom. The first kappa shape index (κ1) is 18.0. The number of aromatic nitrogens is 3. The van der Waals surface area contributed by atoms with Crippen molar-refractivity contribution in [1.29, 1.82) is 0 Å². The zero-order valence-electron chi connectivity index (χ0n) is 14.4. The molecule has 0 radical (unpaired) electrons. The van der Waals surface area contributed by atoms with Crippen molar-refractivity contribution in [3.05, 3.63) is 72.1 Å². The van der Waals surface area contributed by atoms with E-state index in [0.29, 0.717) is 24.1 Å². The summed E-state index contributed by atoms with van der Waals surface area (Å²) in [6, 6.07) is 19.6. The highest BCUT2D eigenvalue weighted by Crippen LogP contribution is 2.20. The lowest BCUT2D eigenvalue weighted by molar-refractivity contribution is -0.137. The predicted molar refractivity (Wildman–Crippen MR) is 99.1 cm³/mol. The first-order valence-corrected chi connectivity index (χ1v) is 9.08. The van der Waals surface area contributed by atoms with Gasteiger partial charge in [-0.05, 0) is 17.7 Å². The Bertz CT molecular complexity index is 838. The third-order valence-electron chi connectivity index (χ3n) is 3.63. The number of hydrogen-bond acceptors (Lipinski definition) is 6. The minimum absolute atomic E-state index is 0.183. The van der Waals surface area contributed by atoms with Crippen LogP contribution in [0, 0.1) is 0 Å². The van der Waals surface area contributed by atoms with Crippen LogP contribution in [0.25, 0.3) is 0 Å². The quantitative estimate of drug-likeness (QED) is 0.449. The van der Waals surface area contributed by atoms with E-state index in [1.165, 1.54) is 18.9 Å². The zero-order chi connectivity index (χ0) is 18.2. The minimum Gasteiger partial charge on any atom is -0.486 e. The molecule has 2 aromatic carbocycles. The van der Waals surface area contributed by atoms with Gasteiger partial charge in [0.15, 0.2) is 11.0 Å². The standard InChI is InChI=1S/C19H19N3O3S/c1-24-18(23)14-26-19-21-20-17(13-25-16-10-6-3-7-11-16)22(19)12-15-8-4-2-5-9-15/h2-11H,12-14H2,1H3. The summed E-state index contributed by atoms with van der Waals surface area (Å²) < 4.78 is 12.5. The van der Waals surface area contributed by atoms with Gasteiger partial charge in [-0.3, -0.25) is 9.36 Å². The van der Waals surface area contributed by atoms with E-state index in [2.05, 4.69) is 10.2 Å². The van der Waals surface area contributed by atoms with E-state index in [1.807, 2.05) is 65.2 Å². The number of esters is 1. The Labute approximate surface area is 156 Å². The number of carbonyl (C=O) groups excluding carboxylic acids is 1. The molecule has 1 aromatic heterocycles. The Morgan fingerprint density at radius 2 is 1.73 bits per heavy atom. The van der Waals surface area contributed by atoms with Crippen LogP contribution in [0.2, 0.25) is 0 Å². The molecule has 0 N–H and O–H groups in total. The molecule has 3 aromatic rings. The van der Waals surface area contributed by atoms with Crippen molar-refractivity contribution in [3.8, 4) is 5.75 Å². The SMILES string of the molecule is COC(=O)CSc1nnc(COc2ccccc2)n1Cc1ccccc1. The number of rotatable bonds is 8. The molecule has 0 aliphatic heterocycles. The monoisotopic (exact) mass is 369 g/mol. The maximum Gasteiger partial charge on any atom is 0.316 e. The Morgan fingerprint density at radius 3 is 2.42 bits per heavy atom. The zero-order valence-corrected chi connectivity index (χ0v) is 15.2. The van der Waals surface area contributed by atoms with E-state index in [4.69, 9.17) is 9.47 Å². The molecule has 134 valence electrons. The van der Waals surface area contributed by atoms with E-state index in [9.17, 15) is 4.79 Å². The molecule has 1 heterocycles. The predicted octanol–water partition coefficient (Wildman–Crippen LogP) is 3.17. The lowest BCUT2D eigenvalue weighted by Crippen LogP contribution is -2.10. The number of nitrogens with zero attached hydrogens (tertiary/aromatic N) is 3. The fourth-order valence-electron chi connectivity index (χ4n) is 2.30. The van der Waals surface area contributed by atoms with Gasteiger partial charge in [-0.15, -0.1) is 10.2 Å². The van der Waals surface area contributed by atoms with Crippen molar-refractivity contribution in [3.63, 3.8) is 0 Å². The molecule has 0 unspecified atom stereocenters. The molecule has 0 amide bonds. The van der Waals surface area contributed by atoms with E-state index >= 15 is 0 Å². The van der Waals surface area contributed by atoms with E-state index in [0.717, 1.165) is 11.3 Å². The molecule has 7 heteroatoms. The maximum atomic E-state index is 11.4. The molecule has 26 heavy (non-hydrogen) atoms. The van der Waals surface area contributed by atoms with Crippen LogP contribution in [0.5, 0.6) is 5.75 Å².